The van der Waals surface area contributed by atoms with Gasteiger partial charge < -0.3 is 15.0 Å². The van der Waals surface area contributed by atoms with Crippen molar-refractivity contribution >= 4 is 11.3 Å². The first-order chi connectivity index (χ1) is 7.35. The molecule has 7 heteroatoms. The van der Waals surface area contributed by atoms with Crippen molar-refractivity contribution in [3.8, 4) is 11.5 Å². The largest absolute Gasteiger partial charge is 0.370 e. The predicted molar refractivity (Wildman–Crippen MR) is 54.2 cm³/mol. The topological polar surface area (TPSA) is 87.1 Å². The zero-order chi connectivity index (χ0) is 10.7. The van der Waals surface area contributed by atoms with Gasteiger partial charge in [0.05, 0.1) is 5.51 Å². The van der Waals surface area contributed by atoms with Gasteiger partial charge in [-0.05, 0) is 0 Å². The Morgan fingerprint density at radius 3 is 3.13 bits per heavy atom. The van der Waals surface area contributed by atoms with E-state index in [0.717, 1.165) is 0 Å². The second-order valence-electron chi connectivity index (χ2n) is 2.79. The summed E-state index contributed by atoms with van der Waals surface area (Å²) in [6.45, 7) is 0.301. The summed E-state index contributed by atoms with van der Waals surface area (Å²) in [7, 11) is 1.55. The fraction of sp³-hybridized carbons (Fsp3) is 0.375. The van der Waals surface area contributed by atoms with Gasteiger partial charge >= 0.3 is 0 Å². The van der Waals surface area contributed by atoms with Gasteiger partial charge in [-0.2, -0.15) is 4.98 Å². The molecule has 1 unspecified atom stereocenters. The number of thiazole rings is 1. The Morgan fingerprint density at radius 1 is 1.67 bits per heavy atom. The number of rotatable bonds is 4. The molecule has 1 atom stereocenters. The summed E-state index contributed by atoms with van der Waals surface area (Å²) in [6.07, 6.45) is -0.357. The minimum atomic E-state index is -0.357. The lowest BCUT2D eigenvalue weighted by molar-refractivity contribution is 0.0804. The van der Waals surface area contributed by atoms with Crippen LogP contribution in [0, 0.1) is 0 Å². The molecule has 80 valence electrons. The number of methoxy groups -OCH3 is 1. The average Bonchev–Trinajstić information content (AvgIpc) is 2.89. The maximum Gasteiger partial charge on any atom is 0.257 e. The molecular weight excluding hydrogens is 216 g/mol. The monoisotopic (exact) mass is 226 g/mol. The van der Waals surface area contributed by atoms with Crippen LogP contribution >= 0.6 is 11.3 Å². The first kappa shape index (κ1) is 10.2. The molecule has 0 saturated heterocycles. The van der Waals surface area contributed by atoms with E-state index in [1.165, 1.54) is 11.3 Å². The van der Waals surface area contributed by atoms with Crippen molar-refractivity contribution in [2.75, 3.05) is 13.7 Å². The molecule has 15 heavy (non-hydrogen) atoms. The number of ether oxygens (including phenoxy) is 1. The quantitative estimate of drug-likeness (QED) is 0.831. The van der Waals surface area contributed by atoms with E-state index in [2.05, 4.69) is 15.1 Å². The first-order valence-electron chi connectivity index (χ1n) is 4.30. The lowest BCUT2D eigenvalue weighted by Crippen LogP contribution is -2.14. The highest BCUT2D eigenvalue weighted by atomic mass is 32.1. The van der Waals surface area contributed by atoms with Gasteiger partial charge in [-0.15, -0.1) is 11.3 Å². The Hall–Kier alpha value is -1.31. The van der Waals surface area contributed by atoms with Crippen LogP contribution in [0.5, 0.6) is 0 Å². The predicted octanol–water partition coefficient (Wildman–Crippen LogP) is 0.839. The molecule has 2 aromatic heterocycles. The van der Waals surface area contributed by atoms with Crippen molar-refractivity contribution in [2.24, 2.45) is 5.73 Å². The van der Waals surface area contributed by atoms with E-state index >= 15 is 0 Å². The molecule has 0 amide bonds. The molecule has 2 rings (SSSR count). The summed E-state index contributed by atoms with van der Waals surface area (Å²) in [6, 6.07) is 0. The third-order valence-electron chi connectivity index (χ3n) is 1.88. The van der Waals surface area contributed by atoms with Gasteiger partial charge in [0.2, 0.25) is 5.82 Å². The van der Waals surface area contributed by atoms with Crippen molar-refractivity contribution < 1.29 is 9.26 Å². The van der Waals surface area contributed by atoms with E-state index in [1.54, 1.807) is 12.6 Å². The Bertz CT molecular complexity index is 410. The average molecular weight is 226 g/mol. The molecule has 0 aromatic carbocycles. The van der Waals surface area contributed by atoms with Gasteiger partial charge in [-0.25, -0.2) is 4.98 Å². The lowest BCUT2D eigenvalue weighted by Gasteiger charge is -2.05. The number of nitrogens with two attached hydrogens (primary N) is 1. The van der Waals surface area contributed by atoms with Crippen molar-refractivity contribution in [3.05, 3.63) is 16.8 Å². The Morgan fingerprint density at radius 2 is 2.53 bits per heavy atom. The third kappa shape index (κ3) is 2.04. The Kier molecular flexibility index (Phi) is 3.05. The summed E-state index contributed by atoms with van der Waals surface area (Å²) in [5.74, 6) is 0.838. The maximum absolute atomic E-state index is 5.48. The molecule has 0 spiro atoms. The van der Waals surface area contributed by atoms with E-state index in [4.69, 9.17) is 15.0 Å². The highest BCUT2D eigenvalue weighted by Crippen LogP contribution is 2.19. The zero-order valence-corrected chi connectivity index (χ0v) is 8.90. The molecule has 0 aliphatic heterocycles. The van der Waals surface area contributed by atoms with Gasteiger partial charge in [-0.3, -0.25) is 0 Å². The molecule has 0 fully saturated rings. The molecule has 2 heterocycles. The van der Waals surface area contributed by atoms with Crippen LogP contribution in [0.2, 0.25) is 0 Å². The van der Waals surface area contributed by atoms with Crippen LogP contribution in [0.3, 0.4) is 0 Å². The molecule has 0 saturated carbocycles. The number of hydrogen-bond donors (Lipinski definition) is 1. The van der Waals surface area contributed by atoms with Crippen LogP contribution in [0.25, 0.3) is 11.5 Å². The van der Waals surface area contributed by atoms with Gasteiger partial charge in [0.25, 0.3) is 5.89 Å². The number of nitrogens with zero attached hydrogens (tertiary/aromatic N) is 3. The van der Waals surface area contributed by atoms with Crippen LogP contribution in [0.1, 0.15) is 12.0 Å². The Labute approximate surface area is 90.1 Å². The van der Waals surface area contributed by atoms with Crippen molar-refractivity contribution in [2.45, 2.75) is 6.10 Å². The smallest absolute Gasteiger partial charge is 0.257 e. The first-order valence-corrected chi connectivity index (χ1v) is 5.24. The van der Waals surface area contributed by atoms with Gasteiger partial charge in [-0.1, -0.05) is 5.16 Å². The Balaban J connectivity index is 2.24. The fourth-order valence-corrected chi connectivity index (χ4v) is 1.62. The summed E-state index contributed by atoms with van der Waals surface area (Å²) < 4.78 is 10.1. The fourth-order valence-electron chi connectivity index (χ4n) is 1.09. The summed E-state index contributed by atoms with van der Waals surface area (Å²) in [5, 5.41) is 5.64. The second-order valence-corrected chi connectivity index (χ2v) is 3.51. The summed E-state index contributed by atoms with van der Waals surface area (Å²) >= 11 is 1.47. The standard InChI is InChI=1S/C8H10N4O2S/c1-13-6(2-9)8-11-7(12-14-8)5-3-15-4-10-5/h3-4,6H,2,9H2,1H3. The zero-order valence-electron chi connectivity index (χ0n) is 8.08. The van der Waals surface area contributed by atoms with Gasteiger partial charge in [0, 0.05) is 19.0 Å². The second kappa shape index (κ2) is 4.47. The molecule has 0 bridgehead atoms. The van der Waals surface area contributed by atoms with Crippen molar-refractivity contribution in [3.63, 3.8) is 0 Å². The number of aromatic nitrogens is 3. The molecule has 0 aliphatic carbocycles. The highest BCUT2D eigenvalue weighted by molar-refractivity contribution is 7.07. The normalized spacial score (nSPS) is 12.9. The molecule has 2 N–H and O–H groups in total. The van der Waals surface area contributed by atoms with Crippen molar-refractivity contribution in [1.82, 2.24) is 15.1 Å². The highest BCUT2D eigenvalue weighted by Gasteiger charge is 2.18. The van der Waals surface area contributed by atoms with Crippen LogP contribution in [0.15, 0.2) is 15.4 Å². The van der Waals surface area contributed by atoms with Crippen LogP contribution in [-0.4, -0.2) is 28.8 Å². The lowest BCUT2D eigenvalue weighted by atomic mass is 10.3. The minimum Gasteiger partial charge on any atom is -0.370 e. The van der Waals surface area contributed by atoms with Crippen molar-refractivity contribution in [1.29, 1.82) is 0 Å². The number of hydrogen-bond acceptors (Lipinski definition) is 7. The summed E-state index contributed by atoms with van der Waals surface area (Å²) in [4.78, 5) is 8.23. The van der Waals surface area contributed by atoms with E-state index in [-0.39, 0.29) is 6.10 Å². The molecule has 0 aliphatic rings. The molecule has 2 aromatic rings. The minimum absolute atomic E-state index is 0.301. The van der Waals surface area contributed by atoms with E-state index in [1.807, 2.05) is 5.38 Å². The SMILES string of the molecule is COC(CN)c1nc(-c2cscn2)no1. The van der Waals surface area contributed by atoms with Crippen LogP contribution in [0.4, 0.5) is 0 Å². The van der Waals surface area contributed by atoms with E-state index in [9.17, 15) is 0 Å². The third-order valence-corrected chi connectivity index (χ3v) is 2.46. The van der Waals surface area contributed by atoms with Crippen LogP contribution in [-0.2, 0) is 4.74 Å². The molecule has 6 nitrogen and oxygen atoms in total. The van der Waals surface area contributed by atoms with E-state index in [0.29, 0.717) is 24.0 Å². The molecular formula is C8H10N4O2S. The summed E-state index contributed by atoms with van der Waals surface area (Å²) in [5.41, 5.74) is 7.88. The van der Waals surface area contributed by atoms with Crippen LogP contribution < -0.4 is 5.73 Å². The van der Waals surface area contributed by atoms with Gasteiger partial charge in [0.1, 0.15) is 11.8 Å². The van der Waals surface area contributed by atoms with Gasteiger partial charge in [0.15, 0.2) is 0 Å². The molecule has 0 radical (unpaired) electrons. The maximum atomic E-state index is 5.48. The van der Waals surface area contributed by atoms with E-state index < -0.39 is 0 Å².